The van der Waals surface area contributed by atoms with E-state index in [0.29, 0.717) is 5.56 Å². The average Bonchev–Trinajstić information content (AvgIpc) is 2.38. The molecular formula is C14H9BrClF3. The molecule has 0 N–H and O–H groups in total. The number of rotatable bonds is 3. The van der Waals surface area contributed by atoms with Crippen molar-refractivity contribution in [2.24, 2.45) is 0 Å². The van der Waals surface area contributed by atoms with Gasteiger partial charge >= 0.3 is 0 Å². The van der Waals surface area contributed by atoms with Crippen LogP contribution in [0, 0.1) is 17.5 Å². The smallest absolute Gasteiger partial charge is 0.162 e. The second-order valence-electron chi connectivity index (χ2n) is 4.06. The first-order chi connectivity index (χ1) is 8.99. The largest absolute Gasteiger partial charge is 0.206 e. The first kappa shape index (κ1) is 14.4. The molecule has 19 heavy (non-hydrogen) atoms. The van der Waals surface area contributed by atoms with Crippen molar-refractivity contribution in [3.05, 3.63) is 69.4 Å². The Balaban J connectivity index is 2.23. The van der Waals surface area contributed by atoms with Crippen LogP contribution in [0.15, 0.2) is 40.9 Å². The quantitative estimate of drug-likeness (QED) is 0.652. The summed E-state index contributed by atoms with van der Waals surface area (Å²) in [5.74, 6) is -2.19. The van der Waals surface area contributed by atoms with Gasteiger partial charge in [-0.3, -0.25) is 0 Å². The van der Waals surface area contributed by atoms with Gasteiger partial charge in [-0.1, -0.05) is 18.2 Å². The predicted molar refractivity (Wildman–Crippen MR) is 72.8 cm³/mol. The highest BCUT2D eigenvalue weighted by molar-refractivity contribution is 9.10. The minimum Gasteiger partial charge on any atom is -0.206 e. The van der Waals surface area contributed by atoms with E-state index in [1.54, 1.807) is 0 Å². The summed E-state index contributed by atoms with van der Waals surface area (Å²) in [7, 11) is 0. The van der Waals surface area contributed by atoms with Gasteiger partial charge in [0.15, 0.2) is 11.6 Å². The zero-order chi connectivity index (χ0) is 14.0. The molecule has 5 heteroatoms. The molecule has 1 unspecified atom stereocenters. The Hall–Kier alpha value is -1.00. The van der Waals surface area contributed by atoms with Crippen LogP contribution in [-0.4, -0.2) is 0 Å². The van der Waals surface area contributed by atoms with E-state index in [1.165, 1.54) is 30.3 Å². The third-order valence-corrected chi connectivity index (χ3v) is 3.75. The van der Waals surface area contributed by atoms with Crippen LogP contribution < -0.4 is 0 Å². The lowest BCUT2D eigenvalue weighted by Crippen LogP contribution is -2.00. The second-order valence-corrected chi connectivity index (χ2v) is 5.44. The number of hydrogen-bond acceptors (Lipinski definition) is 0. The number of alkyl halides is 1. The van der Waals surface area contributed by atoms with Crippen LogP contribution in [0.25, 0.3) is 0 Å². The van der Waals surface area contributed by atoms with Crippen LogP contribution in [0.5, 0.6) is 0 Å². The maximum Gasteiger partial charge on any atom is 0.162 e. The van der Waals surface area contributed by atoms with Gasteiger partial charge in [0.25, 0.3) is 0 Å². The van der Waals surface area contributed by atoms with E-state index in [1.807, 2.05) is 0 Å². The van der Waals surface area contributed by atoms with Crippen molar-refractivity contribution in [1.29, 1.82) is 0 Å². The lowest BCUT2D eigenvalue weighted by molar-refractivity contribution is 0.498. The Bertz CT molecular complexity index is 601. The van der Waals surface area contributed by atoms with Crippen molar-refractivity contribution in [3.8, 4) is 0 Å². The highest BCUT2D eigenvalue weighted by Crippen LogP contribution is 2.29. The maximum atomic E-state index is 13.5. The summed E-state index contributed by atoms with van der Waals surface area (Å²) < 4.78 is 40.0. The van der Waals surface area contributed by atoms with Crippen LogP contribution >= 0.6 is 27.5 Å². The van der Waals surface area contributed by atoms with E-state index in [0.717, 1.165) is 6.07 Å². The van der Waals surface area contributed by atoms with Crippen LogP contribution in [0.4, 0.5) is 13.2 Å². The van der Waals surface area contributed by atoms with Crippen molar-refractivity contribution in [3.63, 3.8) is 0 Å². The Morgan fingerprint density at radius 1 is 1.05 bits per heavy atom. The number of benzene rings is 2. The molecule has 2 aromatic carbocycles. The second kappa shape index (κ2) is 5.97. The summed E-state index contributed by atoms with van der Waals surface area (Å²) in [6, 6.07) is 8.29. The molecule has 100 valence electrons. The maximum absolute atomic E-state index is 13.5. The van der Waals surface area contributed by atoms with Gasteiger partial charge in [0.05, 0.1) is 9.85 Å². The van der Waals surface area contributed by atoms with Crippen LogP contribution in [0.3, 0.4) is 0 Å². The van der Waals surface area contributed by atoms with Gasteiger partial charge in [-0.15, -0.1) is 11.6 Å². The lowest BCUT2D eigenvalue weighted by atomic mass is 10.0. The predicted octanol–water partition coefficient (Wildman–Crippen LogP) is 5.39. The highest BCUT2D eigenvalue weighted by atomic mass is 79.9. The van der Waals surface area contributed by atoms with Gasteiger partial charge in [0, 0.05) is 0 Å². The molecular weight excluding hydrogens is 341 g/mol. The van der Waals surface area contributed by atoms with Gasteiger partial charge < -0.3 is 0 Å². The van der Waals surface area contributed by atoms with Gasteiger partial charge in [0.1, 0.15) is 5.82 Å². The van der Waals surface area contributed by atoms with E-state index in [-0.39, 0.29) is 16.5 Å². The molecule has 0 fully saturated rings. The van der Waals surface area contributed by atoms with Crippen molar-refractivity contribution in [2.75, 3.05) is 0 Å². The summed E-state index contributed by atoms with van der Waals surface area (Å²) >= 11 is 9.22. The molecule has 0 saturated heterocycles. The van der Waals surface area contributed by atoms with E-state index < -0.39 is 22.8 Å². The fourth-order valence-corrected chi connectivity index (χ4v) is 2.42. The van der Waals surface area contributed by atoms with Gasteiger partial charge in [-0.2, -0.15) is 0 Å². The SMILES string of the molecule is Fc1ccc(C(Cl)Cc2cccc(F)c2F)cc1Br. The molecule has 0 spiro atoms. The standard InChI is InChI=1S/C14H9BrClF3/c15-10-6-8(4-5-12(10)17)11(16)7-9-2-1-3-13(18)14(9)19/h1-6,11H,7H2. The fourth-order valence-electron chi connectivity index (χ4n) is 1.72. The topological polar surface area (TPSA) is 0 Å². The first-order valence-corrected chi connectivity index (χ1v) is 6.74. The number of hydrogen-bond donors (Lipinski definition) is 0. The van der Waals surface area contributed by atoms with Gasteiger partial charge in [-0.05, 0) is 51.7 Å². The van der Waals surface area contributed by atoms with Crippen molar-refractivity contribution in [2.45, 2.75) is 11.8 Å². The van der Waals surface area contributed by atoms with E-state index in [2.05, 4.69) is 15.9 Å². The van der Waals surface area contributed by atoms with Gasteiger partial charge in [-0.25, -0.2) is 13.2 Å². The van der Waals surface area contributed by atoms with Gasteiger partial charge in [0.2, 0.25) is 0 Å². The normalized spacial score (nSPS) is 12.5. The summed E-state index contributed by atoms with van der Waals surface area (Å²) in [5, 5.41) is -0.562. The summed E-state index contributed by atoms with van der Waals surface area (Å²) in [6.45, 7) is 0. The fraction of sp³-hybridized carbons (Fsp3) is 0.143. The van der Waals surface area contributed by atoms with Crippen molar-refractivity contribution in [1.82, 2.24) is 0 Å². The molecule has 0 saturated carbocycles. The summed E-state index contributed by atoms with van der Waals surface area (Å²) in [6.07, 6.45) is 0.128. The molecule has 0 aliphatic carbocycles. The number of halogens is 5. The summed E-state index contributed by atoms with van der Waals surface area (Å²) in [4.78, 5) is 0. The molecule has 0 aliphatic heterocycles. The molecule has 1 atom stereocenters. The van der Waals surface area contributed by atoms with Crippen LogP contribution in [0.1, 0.15) is 16.5 Å². The van der Waals surface area contributed by atoms with E-state index in [4.69, 9.17) is 11.6 Å². The molecule has 2 rings (SSSR count). The molecule has 0 amide bonds. The molecule has 0 heterocycles. The van der Waals surface area contributed by atoms with Crippen LogP contribution in [0.2, 0.25) is 0 Å². The van der Waals surface area contributed by atoms with Crippen molar-refractivity contribution < 1.29 is 13.2 Å². The monoisotopic (exact) mass is 348 g/mol. The minimum absolute atomic E-state index is 0.128. The van der Waals surface area contributed by atoms with E-state index >= 15 is 0 Å². The molecule has 0 nitrogen and oxygen atoms in total. The third-order valence-electron chi connectivity index (χ3n) is 2.74. The highest BCUT2D eigenvalue weighted by Gasteiger charge is 2.15. The van der Waals surface area contributed by atoms with Crippen LogP contribution in [-0.2, 0) is 6.42 Å². The Labute approximate surface area is 122 Å². The Morgan fingerprint density at radius 2 is 1.79 bits per heavy atom. The summed E-state index contributed by atoms with van der Waals surface area (Å²) in [5.41, 5.74) is 0.832. The third kappa shape index (κ3) is 3.31. The first-order valence-electron chi connectivity index (χ1n) is 5.51. The lowest BCUT2D eigenvalue weighted by Gasteiger charge is -2.11. The van der Waals surface area contributed by atoms with E-state index in [9.17, 15) is 13.2 Å². The zero-order valence-corrected chi connectivity index (χ0v) is 12.0. The molecule has 0 radical (unpaired) electrons. The molecule has 2 aromatic rings. The molecule has 0 aliphatic rings. The zero-order valence-electron chi connectivity index (χ0n) is 9.64. The molecule has 0 aromatic heterocycles. The Morgan fingerprint density at radius 3 is 2.47 bits per heavy atom. The average molecular weight is 350 g/mol. The minimum atomic E-state index is -0.901. The molecule has 0 bridgehead atoms. The Kier molecular flexibility index (Phi) is 4.53. The van der Waals surface area contributed by atoms with Crippen molar-refractivity contribution >= 4 is 27.5 Å².